The monoisotopic (exact) mass is 546 g/mol. The summed E-state index contributed by atoms with van der Waals surface area (Å²) in [5.74, 6) is 1.69. The molecule has 5 nitrogen and oxygen atoms in total. The molecule has 0 amide bonds. The highest BCUT2D eigenvalue weighted by Gasteiger charge is 2.26. The second kappa shape index (κ2) is 13.7. The number of benzene rings is 1. The summed E-state index contributed by atoms with van der Waals surface area (Å²) in [5, 5.41) is 7.34. The first-order chi connectivity index (χ1) is 14.2. The van der Waals surface area contributed by atoms with Crippen LogP contribution in [0.5, 0.6) is 0 Å². The van der Waals surface area contributed by atoms with Crippen LogP contribution in [0.2, 0.25) is 0 Å². The summed E-state index contributed by atoms with van der Waals surface area (Å²) in [6.07, 6.45) is 6.64. The van der Waals surface area contributed by atoms with Crippen LogP contribution in [-0.4, -0.2) is 58.3 Å². The summed E-state index contributed by atoms with van der Waals surface area (Å²) in [6.45, 7) is 9.15. The lowest BCUT2D eigenvalue weighted by molar-refractivity contribution is 0.252. The van der Waals surface area contributed by atoms with E-state index in [1.165, 1.54) is 11.1 Å². The molecule has 0 saturated heterocycles. The van der Waals surface area contributed by atoms with E-state index in [1.807, 2.05) is 6.92 Å². The van der Waals surface area contributed by atoms with Gasteiger partial charge in [0.2, 0.25) is 0 Å². The van der Waals surface area contributed by atoms with Crippen LogP contribution in [0.1, 0.15) is 57.1 Å². The first kappa shape index (κ1) is 25.6. The van der Waals surface area contributed by atoms with Crippen LogP contribution in [0.15, 0.2) is 29.3 Å². The van der Waals surface area contributed by atoms with Gasteiger partial charge in [-0.1, -0.05) is 37.6 Å². The van der Waals surface area contributed by atoms with Crippen molar-refractivity contribution in [2.24, 2.45) is 4.99 Å². The first-order valence-electron chi connectivity index (χ1n) is 11.4. The molecule has 1 saturated carbocycles. The van der Waals surface area contributed by atoms with E-state index in [9.17, 15) is 4.21 Å². The number of hydrogen-bond donors (Lipinski definition) is 2. The van der Waals surface area contributed by atoms with E-state index in [1.54, 1.807) is 0 Å². The number of hydrogen-bond acceptors (Lipinski definition) is 3. The van der Waals surface area contributed by atoms with Crippen LogP contribution in [0.4, 0.5) is 0 Å². The number of halogens is 1. The highest BCUT2D eigenvalue weighted by atomic mass is 127. The molecular formula is C23H39IN4OS. The van der Waals surface area contributed by atoms with Crippen molar-refractivity contribution in [3.05, 3.63) is 35.4 Å². The van der Waals surface area contributed by atoms with Gasteiger partial charge in [0.05, 0.1) is 0 Å². The fourth-order valence-corrected chi connectivity index (χ4v) is 5.84. The standard InChI is InChI=1S/C23H38N4OS.HI/c1-3-24-23(26-21-11-7-12-22(17-21)29(28)4-2)25-14-8-15-27-16-13-19-9-5-6-10-20(19)18-27;/h5-6,9-10,21-22H,3-4,7-8,11-18H2,1-2H3,(H2,24,25,26);1H. The van der Waals surface area contributed by atoms with E-state index < -0.39 is 10.8 Å². The summed E-state index contributed by atoms with van der Waals surface area (Å²) in [7, 11) is -0.684. The molecule has 170 valence electrons. The van der Waals surface area contributed by atoms with Gasteiger partial charge < -0.3 is 10.6 Å². The normalized spacial score (nSPS) is 23.2. The van der Waals surface area contributed by atoms with Gasteiger partial charge in [-0.3, -0.25) is 14.1 Å². The lowest BCUT2D eigenvalue weighted by Crippen LogP contribution is -2.46. The van der Waals surface area contributed by atoms with Crippen LogP contribution < -0.4 is 10.6 Å². The Morgan fingerprint density at radius 1 is 1.23 bits per heavy atom. The van der Waals surface area contributed by atoms with Gasteiger partial charge in [-0.05, 0) is 50.2 Å². The zero-order valence-electron chi connectivity index (χ0n) is 18.6. The number of aliphatic imine (C=N–C) groups is 1. The maximum Gasteiger partial charge on any atom is 0.191 e. The smallest absolute Gasteiger partial charge is 0.191 e. The second-order valence-corrected chi connectivity index (χ2v) is 10.2. The molecule has 1 aromatic rings. The zero-order chi connectivity index (χ0) is 20.5. The third-order valence-electron chi connectivity index (χ3n) is 6.08. The summed E-state index contributed by atoms with van der Waals surface area (Å²) in [6, 6.07) is 9.20. The van der Waals surface area contributed by atoms with Gasteiger partial charge >= 0.3 is 0 Å². The van der Waals surface area contributed by atoms with Crippen LogP contribution in [-0.2, 0) is 23.8 Å². The molecule has 0 spiro atoms. The maximum atomic E-state index is 12.2. The molecule has 0 aromatic heterocycles. The number of guanidine groups is 1. The molecule has 1 heterocycles. The van der Waals surface area contributed by atoms with E-state index in [4.69, 9.17) is 4.99 Å². The van der Waals surface area contributed by atoms with E-state index >= 15 is 0 Å². The first-order valence-corrected chi connectivity index (χ1v) is 12.8. The average molecular weight is 547 g/mol. The van der Waals surface area contributed by atoms with Crippen LogP contribution in [0.25, 0.3) is 0 Å². The lowest BCUT2D eigenvalue weighted by atomic mass is 9.95. The van der Waals surface area contributed by atoms with Gasteiger partial charge in [-0.2, -0.15) is 0 Å². The molecule has 0 bridgehead atoms. The molecule has 3 unspecified atom stereocenters. The minimum absolute atomic E-state index is 0. The Balaban J connectivity index is 0.00000320. The molecule has 1 fully saturated rings. The highest BCUT2D eigenvalue weighted by Crippen LogP contribution is 2.23. The van der Waals surface area contributed by atoms with Crippen LogP contribution in [0, 0.1) is 0 Å². The van der Waals surface area contributed by atoms with Crippen molar-refractivity contribution in [3.63, 3.8) is 0 Å². The average Bonchev–Trinajstić information content (AvgIpc) is 2.76. The molecule has 7 heteroatoms. The summed E-state index contributed by atoms with van der Waals surface area (Å²) in [4.78, 5) is 7.36. The Bertz CT molecular complexity index is 700. The van der Waals surface area contributed by atoms with Gasteiger partial charge in [-0.15, -0.1) is 24.0 Å². The van der Waals surface area contributed by atoms with Gasteiger partial charge in [0, 0.05) is 60.6 Å². The molecule has 3 rings (SSSR count). The van der Waals surface area contributed by atoms with Gasteiger partial charge in [-0.25, -0.2) is 0 Å². The summed E-state index contributed by atoms with van der Waals surface area (Å²) < 4.78 is 12.2. The fraction of sp³-hybridized carbons (Fsp3) is 0.696. The van der Waals surface area contributed by atoms with Gasteiger partial charge in [0.25, 0.3) is 0 Å². The predicted molar refractivity (Wildman–Crippen MR) is 139 cm³/mol. The van der Waals surface area contributed by atoms with Crippen LogP contribution in [0.3, 0.4) is 0 Å². The van der Waals surface area contributed by atoms with E-state index in [0.717, 1.165) is 83.0 Å². The Hall–Kier alpha value is -0.670. The number of rotatable bonds is 8. The minimum Gasteiger partial charge on any atom is -0.357 e. The third-order valence-corrected chi connectivity index (χ3v) is 7.82. The summed E-state index contributed by atoms with van der Waals surface area (Å²) >= 11 is 0. The largest absolute Gasteiger partial charge is 0.357 e. The molecule has 0 radical (unpaired) electrons. The topological polar surface area (TPSA) is 56.7 Å². The molecule has 30 heavy (non-hydrogen) atoms. The van der Waals surface area contributed by atoms with Gasteiger partial charge in [0.15, 0.2) is 5.96 Å². The van der Waals surface area contributed by atoms with Crippen molar-refractivity contribution < 1.29 is 4.21 Å². The Morgan fingerprint density at radius 3 is 2.80 bits per heavy atom. The molecule has 2 N–H and O–H groups in total. The number of nitrogens with one attached hydrogen (secondary N) is 2. The van der Waals surface area contributed by atoms with Gasteiger partial charge in [0.1, 0.15) is 0 Å². The molecule has 3 atom stereocenters. The van der Waals surface area contributed by atoms with Crippen LogP contribution >= 0.6 is 24.0 Å². The molecule has 2 aliphatic rings. The number of fused-ring (bicyclic) bond motifs is 1. The van der Waals surface area contributed by atoms with E-state index in [-0.39, 0.29) is 24.0 Å². The molecule has 1 aliphatic carbocycles. The third kappa shape index (κ3) is 7.79. The summed E-state index contributed by atoms with van der Waals surface area (Å²) in [5.41, 5.74) is 2.99. The van der Waals surface area contributed by atoms with E-state index in [2.05, 4.69) is 46.7 Å². The van der Waals surface area contributed by atoms with Crippen molar-refractivity contribution in [3.8, 4) is 0 Å². The Morgan fingerprint density at radius 2 is 2.03 bits per heavy atom. The fourth-order valence-electron chi connectivity index (χ4n) is 4.49. The van der Waals surface area contributed by atoms with Crippen molar-refractivity contribution in [2.45, 2.75) is 70.2 Å². The quantitative estimate of drug-likeness (QED) is 0.226. The lowest BCUT2D eigenvalue weighted by Gasteiger charge is -2.30. The molecule has 1 aromatic carbocycles. The van der Waals surface area contributed by atoms with E-state index in [0.29, 0.717) is 11.3 Å². The minimum atomic E-state index is -0.684. The van der Waals surface area contributed by atoms with Crippen molar-refractivity contribution in [2.75, 3.05) is 31.9 Å². The molecule has 1 aliphatic heterocycles. The Kier molecular flexibility index (Phi) is 11.7. The van der Waals surface area contributed by atoms with Crippen molar-refractivity contribution >= 4 is 40.7 Å². The SMILES string of the molecule is CCNC(=NCCCN1CCc2ccccc2C1)NC1CCCC(S(=O)CC)C1.I. The maximum absolute atomic E-state index is 12.2. The predicted octanol–water partition coefficient (Wildman–Crippen LogP) is 3.69. The number of nitrogens with zero attached hydrogens (tertiary/aromatic N) is 2. The van der Waals surface area contributed by atoms with Crippen molar-refractivity contribution in [1.29, 1.82) is 0 Å². The highest BCUT2D eigenvalue weighted by molar-refractivity contribution is 14.0. The van der Waals surface area contributed by atoms with Crippen molar-refractivity contribution in [1.82, 2.24) is 15.5 Å². The second-order valence-electron chi connectivity index (χ2n) is 8.21. The zero-order valence-corrected chi connectivity index (χ0v) is 21.7. The Labute approximate surface area is 202 Å². The molecular weight excluding hydrogens is 507 g/mol.